The van der Waals surface area contributed by atoms with E-state index in [0.717, 1.165) is 0 Å². The summed E-state index contributed by atoms with van der Waals surface area (Å²) in [6.07, 6.45) is 0. The fraction of sp³-hybridized carbons (Fsp3) is 1.00. The topological polar surface area (TPSA) is 118 Å². The van der Waals surface area contributed by atoms with Gasteiger partial charge in [0.1, 0.15) is 6.67 Å². The van der Waals surface area contributed by atoms with Crippen molar-refractivity contribution in [2.45, 2.75) is 0 Å². The molecule has 0 unspecified atom stereocenters. The van der Waals surface area contributed by atoms with Crippen LogP contribution in [-0.2, 0) is 47.4 Å². The third kappa shape index (κ3) is 31.5. The highest BCUT2D eigenvalue weighted by molar-refractivity contribution is 4.38. The molecular weight excluding hydrogens is 457 g/mol. The van der Waals surface area contributed by atoms with Crippen LogP contribution in [0.2, 0.25) is 0 Å². The van der Waals surface area contributed by atoms with Gasteiger partial charge in [-0.3, -0.25) is 0 Å². The molecule has 0 amide bonds. The molecule has 0 aromatic heterocycles. The number of hydrogen-bond acceptors (Lipinski definition) is 11. The molecule has 0 aliphatic rings. The lowest BCUT2D eigenvalue weighted by Gasteiger charge is -2.09. The molecule has 0 aliphatic heterocycles. The van der Waals surface area contributed by atoms with E-state index in [-0.39, 0.29) is 6.61 Å². The highest BCUT2D eigenvalue weighted by Gasteiger charge is 1.95. The van der Waals surface area contributed by atoms with Crippen LogP contribution in [-0.4, -0.2) is 145 Å². The van der Waals surface area contributed by atoms with Gasteiger partial charge in [-0.25, -0.2) is 4.39 Å². The van der Waals surface area contributed by atoms with Crippen molar-refractivity contribution in [3.63, 3.8) is 0 Å². The van der Waals surface area contributed by atoms with Gasteiger partial charge >= 0.3 is 0 Å². The smallest absolute Gasteiger partial charge is 0.113 e. The van der Waals surface area contributed by atoms with Crippen LogP contribution < -0.4 is 5.73 Å². The second-order valence-corrected chi connectivity index (χ2v) is 6.60. The highest BCUT2D eigenvalue weighted by Crippen LogP contribution is 1.86. The SMILES string of the molecule is NCCOCCOCCOCCOCCOCCOCCOCCOCCOCCOCCF. The summed E-state index contributed by atoms with van der Waals surface area (Å²) in [5.74, 6) is 0. The summed E-state index contributed by atoms with van der Waals surface area (Å²) >= 11 is 0. The number of hydrogen-bond donors (Lipinski definition) is 1. The molecule has 0 aromatic rings. The molecule has 0 rings (SSSR count). The zero-order chi connectivity index (χ0) is 24.6. The van der Waals surface area contributed by atoms with E-state index in [1.165, 1.54) is 0 Å². The van der Waals surface area contributed by atoms with E-state index in [1.807, 2.05) is 0 Å². The summed E-state index contributed by atoms with van der Waals surface area (Å²) in [5, 5.41) is 0. The van der Waals surface area contributed by atoms with Crippen LogP contribution >= 0.6 is 0 Å². The molecule has 0 aliphatic carbocycles. The van der Waals surface area contributed by atoms with Crippen molar-refractivity contribution < 1.29 is 51.8 Å². The maximum Gasteiger partial charge on any atom is 0.113 e. The second kappa shape index (κ2) is 32.5. The minimum atomic E-state index is -0.472. The Hall–Kier alpha value is -0.510. The van der Waals surface area contributed by atoms with Gasteiger partial charge in [-0.2, -0.15) is 0 Å². The number of alkyl halides is 1. The minimum Gasteiger partial charge on any atom is -0.378 e. The molecule has 0 radical (unpaired) electrons. The fourth-order valence-corrected chi connectivity index (χ4v) is 2.22. The van der Waals surface area contributed by atoms with E-state index >= 15 is 0 Å². The average Bonchev–Trinajstić information content (AvgIpc) is 2.85. The normalized spacial score (nSPS) is 11.5. The Kier molecular flexibility index (Phi) is 32.0. The molecule has 206 valence electrons. The first kappa shape index (κ1) is 33.5. The van der Waals surface area contributed by atoms with Gasteiger partial charge in [0, 0.05) is 6.54 Å². The first-order chi connectivity index (χ1) is 16.9. The monoisotopic (exact) mass is 503 g/mol. The average molecular weight is 504 g/mol. The zero-order valence-corrected chi connectivity index (χ0v) is 20.6. The van der Waals surface area contributed by atoms with Crippen LogP contribution in [0.3, 0.4) is 0 Å². The van der Waals surface area contributed by atoms with Crippen LogP contribution in [0.5, 0.6) is 0 Å². The summed E-state index contributed by atoms with van der Waals surface area (Å²) in [6.45, 7) is 9.75. The molecule has 0 saturated heterocycles. The molecule has 34 heavy (non-hydrogen) atoms. The van der Waals surface area contributed by atoms with Crippen molar-refractivity contribution in [1.82, 2.24) is 0 Å². The Balaban J connectivity index is 2.99. The Bertz CT molecular complexity index is 330. The van der Waals surface area contributed by atoms with Gasteiger partial charge in [-0.1, -0.05) is 0 Å². The van der Waals surface area contributed by atoms with Gasteiger partial charge in [0.2, 0.25) is 0 Å². The number of ether oxygens (including phenoxy) is 10. The molecule has 0 saturated carbocycles. The quantitative estimate of drug-likeness (QED) is 0.130. The van der Waals surface area contributed by atoms with Crippen LogP contribution in [0, 0.1) is 0 Å². The van der Waals surface area contributed by atoms with Crippen molar-refractivity contribution in [3.8, 4) is 0 Å². The molecule has 0 heterocycles. The van der Waals surface area contributed by atoms with Crippen molar-refractivity contribution in [2.75, 3.05) is 145 Å². The van der Waals surface area contributed by atoms with Gasteiger partial charge in [0.15, 0.2) is 0 Å². The molecule has 0 atom stereocenters. The third-order valence-corrected chi connectivity index (χ3v) is 3.83. The Morgan fingerprint density at radius 1 is 0.294 bits per heavy atom. The molecular formula is C22H46FNO10. The third-order valence-electron chi connectivity index (χ3n) is 3.83. The maximum atomic E-state index is 11.8. The first-order valence-corrected chi connectivity index (χ1v) is 11.9. The lowest BCUT2D eigenvalue weighted by molar-refractivity contribution is -0.0264. The summed E-state index contributed by atoms with van der Waals surface area (Å²) in [4.78, 5) is 0. The van der Waals surface area contributed by atoms with Crippen molar-refractivity contribution >= 4 is 0 Å². The van der Waals surface area contributed by atoms with Gasteiger partial charge in [0.05, 0.1) is 132 Å². The molecule has 0 spiro atoms. The predicted molar refractivity (Wildman–Crippen MR) is 123 cm³/mol. The first-order valence-electron chi connectivity index (χ1n) is 11.9. The summed E-state index contributed by atoms with van der Waals surface area (Å²) in [5.41, 5.74) is 5.31. The van der Waals surface area contributed by atoms with Gasteiger partial charge in [0.25, 0.3) is 0 Å². The van der Waals surface area contributed by atoms with Gasteiger partial charge < -0.3 is 53.1 Å². The van der Waals surface area contributed by atoms with Crippen LogP contribution in [0.25, 0.3) is 0 Å². The molecule has 2 N–H and O–H groups in total. The molecule has 0 fully saturated rings. The minimum absolute atomic E-state index is 0.116. The van der Waals surface area contributed by atoms with Crippen molar-refractivity contribution in [2.24, 2.45) is 5.73 Å². The van der Waals surface area contributed by atoms with E-state index in [1.54, 1.807) is 0 Å². The van der Waals surface area contributed by atoms with E-state index in [2.05, 4.69) is 0 Å². The second-order valence-electron chi connectivity index (χ2n) is 6.60. The van der Waals surface area contributed by atoms with Crippen LogP contribution in [0.4, 0.5) is 4.39 Å². The van der Waals surface area contributed by atoms with E-state index in [0.29, 0.717) is 132 Å². The lowest BCUT2D eigenvalue weighted by atomic mass is 10.6. The molecule has 12 heteroatoms. The summed E-state index contributed by atoms with van der Waals surface area (Å²) < 4.78 is 64.9. The van der Waals surface area contributed by atoms with E-state index < -0.39 is 6.67 Å². The largest absolute Gasteiger partial charge is 0.378 e. The molecule has 0 aromatic carbocycles. The summed E-state index contributed by atoms with van der Waals surface area (Å²) in [7, 11) is 0. The van der Waals surface area contributed by atoms with Crippen molar-refractivity contribution in [3.05, 3.63) is 0 Å². The number of halogens is 1. The summed E-state index contributed by atoms with van der Waals surface area (Å²) in [6, 6.07) is 0. The predicted octanol–water partition coefficient (Wildman–Crippen LogP) is 0.0806. The van der Waals surface area contributed by atoms with E-state index in [9.17, 15) is 4.39 Å². The standard InChI is InChI=1S/C22H46FNO10/c23-1-3-25-5-7-27-9-11-29-13-15-31-17-19-33-21-22-34-20-18-32-16-14-30-12-10-28-8-6-26-4-2-24/h1-22,24H2. The van der Waals surface area contributed by atoms with Crippen molar-refractivity contribution in [1.29, 1.82) is 0 Å². The van der Waals surface area contributed by atoms with E-state index in [4.69, 9.17) is 53.1 Å². The lowest BCUT2D eigenvalue weighted by Crippen LogP contribution is -2.15. The number of rotatable bonds is 31. The van der Waals surface area contributed by atoms with Gasteiger partial charge in [-0.15, -0.1) is 0 Å². The Morgan fingerprint density at radius 2 is 0.471 bits per heavy atom. The fourth-order valence-electron chi connectivity index (χ4n) is 2.22. The number of nitrogens with two attached hydrogens (primary N) is 1. The van der Waals surface area contributed by atoms with Crippen LogP contribution in [0.1, 0.15) is 0 Å². The Labute approximate surface area is 203 Å². The zero-order valence-electron chi connectivity index (χ0n) is 20.6. The maximum absolute atomic E-state index is 11.8. The molecule has 0 bridgehead atoms. The van der Waals surface area contributed by atoms with Gasteiger partial charge in [-0.05, 0) is 0 Å². The Morgan fingerprint density at radius 3 is 0.647 bits per heavy atom. The highest BCUT2D eigenvalue weighted by atomic mass is 19.1. The molecule has 11 nitrogen and oxygen atoms in total. The van der Waals surface area contributed by atoms with Crippen LogP contribution in [0.15, 0.2) is 0 Å².